The van der Waals surface area contributed by atoms with Crippen molar-refractivity contribution in [2.75, 3.05) is 18.0 Å². The number of nitrogens with two attached hydrogens (primary N) is 1. The SMILES string of the molecule is CCC1CCN(c2cc(CN)c(Cl)cn2)CC1. The van der Waals surface area contributed by atoms with Crippen LogP contribution < -0.4 is 10.6 Å². The highest BCUT2D eigenvalue weighted by atomic mass is 35.5. The Bertz CT molecular complexity index is 373. The van der Waals surface area contributed by atoms with E-state index in [0.717, 1.165) is 30.4 Å². The Morgan fingerprint density at radius 1 is 1.47 bits per heavy atom. The number of hydrogen-bond donors (Lipinski definition) is 1. The third-order valence-electron chi connectivity index (χ3n) is 3.66. The van der Waals surface area contributed by atoms with Crippen LogP contribution in [0.1, 0.15) is 31.7 Å². The quantitative estimate of drug-likeness (QED) is 0.901. The van der Waals surface area contributed by atoms with Crippen LogP contribution in [0.2, 0.25) is 5.02 Å². The van der Waals surface area contributed by atoms with Crippen LogP contribution in [0.25, 0.3) is 0 Å². The minimum absolute atomic E-state index is 0.472. The van der Waals surface area contributed by atoms with E-state index in [0.29, 0.717) is 11.6 Å². The van der Waals surface area contributed by atoms with Gasteiger partial charge in [-0.15, -0.1) is 0 Å². The molecule has 0 bridgehead atoms. The van der Waals surface area contributed by atoms with Crippen molar-refractivity contribution in [1.29, 1.82) is 0 Å². The number of nitrogens with zero attached hydrogens (tertiary/aromatic N) is 2. The summed E-state index contributed by atoms with van der Waals surface area (Å²) in [5.74, 6) is 1.90. The number of hydrogen-bond acceptors (Lipinski definition) is 3. The lowest BCUT2D eigenvalue weighted by atomic mass is 9.94. The number of pyridine rings is 1. The summed E-state index contributed by atoms with van der Waals surface area (Å²) >= 11 is 6.02. The molecule has 3 nitrogen and oxygen atoms in total. The molecule has 1 aromatic rings. The van der Waals surface area contributed by atoms with Gasteiger partial charge in [-0.2, -0.15) is 0 Å². The van der Waals surface area contributed by atoms with Crippen molar-refractivity contribution in [2.45, 2.75) is 32.7 Å². The molecule has 0 amide bonds. The largest absolute Gasteiger partial charge is 0.357 e. The predicted octanol–water partition coefficient (Wildman–Crippen LogP) is 2.82. The Balaban J connectivity index is 2.08. The smallest absolute Gasteiger partial charge is 0.128 e. The summed E-state index contributed by atoms with van der Waals surface area (Å²) < 4.78 is 0. The Labute approximate surface area is 108 Å². The third-order valence-corrected chi connectivity index (χ3v) is 4.00. The van der Waals surface area contributed by atoms with Crippen LogP contribution >= 0.6 is 11.6 Å². The first kappa shape index (κ1) is 12.7. The van der Waals surface area contributed by atoms with Gasteiger partial charge in [0.15, 0.2) is 0 Å². The fraction of sp³-hybridized carbons (Fsp3) is 0.615. The zero-order valence-electron chi connectivity index (χ0n) is 10.3. The summed E-state index contributed by atoms with van der Waals surface area (Å²) in [6, 6.07) is 2.02. The molecule has 1 aliphatic rings. The highest BCUT2D eigenvalue weighted by Gasteiger charge is 2.19. The minimum atomic E-state index is 0.472. The maximum absolute atomic E-state index is 6.02. The van der Waals surface area contributed by atoms with E-state index in [-0.39, 0.29) is 0 Å². The average Bonchev–Trinajstić information content (AvgIpc) is 2.39. The van der Waals surface area contributed by atoms with E-state index in [9.17, 15) is 0 Å². The molecule has 0 spiro atoms. The molecular weight excluding hydrogens is 234 g/mol. The van der Waals surface area contributed by atoms with Crippen LogP contribution in [0.15, 0.2) is 12.3 Å². The number of anilines is 1. The van der Waals surface area contributed by atoms with Gasteiger partial charge in [0.05, 0.1) is 5.02 Å². The fourth-order valence-electron chi connectivity index (χ4n) is 2.37. The van der Waals surface area contributed by atoms with Gasteiger partial charge in [-0.05, 0) is 30.4 Å². The second kappa shape index (κ2) is 5.69. The van der Waals surface area contributed by atoms with Gasteiger partial charge in [0.2, 0.25) is 0 Å². The number of piperidine rings is 1. The van der Waals surface area contributed by atoms with Crippen molar-refractivity contribution >= 4 is 17.4 Å². The van der Waals surface area contributed by atoms with Gasteiger partial charge in [0.25, 0.3) is 0 Å². The van der Waals surface area contributed by atoms with Gasteiger partial charge < -0.3 is 10.6 Å². The summed E-state index contributed by atoms with van der Waals surface area (Å²) in [4.78, 5) is 6.73. The molecule has 0 saturated carbocycles. The van der Waals surface area contributed by atoms with Crippen molar-refractivity contribution in [3.05, 3.63) is 22.8 Å². The minimum Gasteiger partial charge on any atom is -0.357 e. The zero-order valence-corrected chi connectivity index (χ0v) is 11.1. The van der Waals surface area contributed by atoms with E-state index in [1.807, 2.05) is 6.07 Å². The summed E-state index contributed by atoms with van der Waals surface area (Å²) in [7, 11) is 0. The van der Waals surface area contributed by atoms with E-state index < -0.39 is 0 Å². The number of aromatic nitrogens is 1. The molecule has 0 atom stereocenters. The van der Waals surface area contributed by atoms with Gasteiger partial charge in [-0.3, -0.25) is 0 Å². The monoisotopic (exact) mass is 253 g/mol. The highest BCUT2D eigenvalue weighted by Crippen LogP contribution is 2.26. The first-order valence-corrected chi connectivity index (χ1v) is 6.71. The van der Waals surface area contributed by atoms with Crippen LogP contribution in [-0.4, -0.2) is 18.1 Å². The fourth-order valence-corrected chi connectivity index (χ4v) is 2.55. The topological polar surface area (TPSA) is 42.1 Å². The van der Waals surface area contributed by atoms with Crippen LogP contribution in [0, 0.1) is 5.92 Å². The molecule has 17 heavy (non-hydrogen) atoms. The Morgan fingerprint density at radius 2 is 2.18 bits per heavy atom. The lowest BCUT2D eigenvalue weighted by Crippen LogP contribution is -2.34. The second-order valence-electron chi connectivity index (χ2n) is 4.68. The molecule has 0 aliphatic carbocycles. The molecule has 4 heteroatoms. The molecular formula is C13H20ClN3. The summed E-state index contributed by atoms with van der Waals surface area (Å²) in [5, 5.41) is 0.666. The summed E-state index contributed by atoms with van der Waals surface area (Å²) in [6.07, 6.45) is 5.53. The molecule has 1 fully saturated rings. The van der Waals surface area contributed by atoms with Crippen LogP contribution in [0.3, 0.4) is 0 Å². The van der Waals surface area contributed by atoms with E-state index >= 15 is 0 Å². The van der Waals surface area contributed by atoms with Gasteiger partial charge in [-0.25, -0.2) is 4.98 Å². The maximum Gasteiger partial charge on any atom is 0.128 e. The van der Waals surface area contributed by atoms with Crippen molar-refractivity contribution in [1.82, 2.24) is 4.98 Å². The first-order valence-electron chi connectivity index (χ1n) is 6.34. The predicted molar refractivity (Wildman–Crippen MR) is 72.4 cm³/mol. The van der Waals surface area contributed by atoms with Gasteiger partial charge in [-0.1, -0.05) is 24.9 Å². The second-order valence-corrected chi connectivity index (χ2v) is 5.08. The summed E-state index contributed by atoms with van der Waals surface area (Å²) in [5.41, 5.74) is 6.64. The van der Waals surface area contributed by atoms with E-state index in [1.54, 1.807) is 6.20 Å². The lowest BCUT2D eigenvalue weighted by molar-refractivity contribution is 0.393. The number of halogens is 1. The molecule has 0 radical (unpaired) electrons. The van der Waals surface area contributed by atoms with E-state index in [2.05, 4.69) is 16.8 Å². The Kier molecular flexibility index (Phi) is 4.24. The van der Waals surface area contributed by atoms with Crippen molar-refractivity contribution < 1.29 is 0 Å². The average molecular weight is 254 g/mol. The molecule has 1 aromatic heterocycles. The Morgan fingerprint density at radius 3 is 2.76 bits per heavy atom. The molecule has 2 heterocycles. The van der Waals surface area contributed by atoms with Crippen molar-refractivity contribution in [2.24, 2.45) is 11.7 Å². The lowest BCUT2D eigenvalue weighted by Gasteiger charge is -2.32. The third kappa shape index (κ3) is 2.90. The molecule has 2 rings (SSSR count). The van der Waals surface area contributed by atoms with Crippen molar-refractivity contribution in [3.63, 3.8) is 0 Å². The Hall–Kier alpha value is -0.800. The highest BCUT2D eigenvalue weighted by molar-refractivity contribution is 6.31. The molecule has 2 N–H and O–H groups in total. The molecule has 0 unspecified atom stereocenters. The number of rotatable bonds is 3. The molecule has 1 saturated heterocycles. The van der Waals surface area contributed by atoms with Crippen LogP contribution in [-0.2, 0) is 6.54 Å². The molecule has 1 aliphatic heterocycles. The van der Waals surface area contributed by atoms with Gasteiger partial charge >= 0.3 is 0 Å². The molecule has 94 valence electrons. The molecule has 0 aromatic carbocycles. The maximum atomic E-state index is 6.02. The van der Waals surface area contributed by atoms with Gasteiger partial charge in [0, 0.05) is 25.8 Å². The standard InChI is InChI=1S/C13H20ClN3/c1-2-10-3-5-17(6-4-10)13-7-11(8-15)12(14)9-16-13/h7,9-10H,2-6,8,15H2,1H3. The normalized spacial score (nSPS) is 17.5. The van der Waals surface area contributed by atoms with Crippen LogP contribution in [0.5, 0.6) is 0 Å². The van der Waals surface area contributed by atoms with Gasteiger partial charge in [0.1, 0.15) is 5.82 Å². The van der Waals surface area contributed by atoms with E-state index in [4.69, 9.17) is 17.3 Å². The van der Waals surface area contributed by atoms with E-state index in [1.165, 1.54) is 19.3 Å². The first-order chi connectivity index (χ1) is 8.24. The van der Waals surface area contributed by atoms with Crippen LogP contribution in [0.4, 0.5) is 5.82 Å². The summed E-state index contributed by atoms with van der Waals surface area (Å²) in [6.45, 7) is 4.93. The zero-order chi connectivity index (χ0) is 12.3. The van der Waals surface area contributed by atoms with Crippen molar-refractivity contribution in [3.8, 4) is 0 Å².